The molecule has 0 bridgehead atoms. The average molecular weight is 326 g/mol. The highest BCUT2D eigenvalue weighted by molar-refractivity contribution is 8.14. The van der Waals surface area contributed by atoms with E-state index in [0.29, 0.717) is 6.04 Å². The van der Waals surface area contributed by atoms with E-state index in [1.807, 2.05) is 24.0 Å². The van der Waals surface area contributed by atoms with Crippen LogP contribution >= 0.6 is 11.8 Å². The number of rotatable bonds is 4. The van der Waals surface area contributed by atoms with E-state index in [-0.39, 0.29) is 12.1 Å². The molecule has 2 aliphatic rings. The molecular formula is C18H22N4S. The second kappa shape index (κ2) is 6.04. The number of pyridine rings is 1. The summed E-state index contributed by atoms with van der Waals surface area (Å²) in [4.78, 5) is 12.2. The van der Waals surface area contributed by atoms with Gasteiger partial charge in [0.1, 0.15) is 6.04 Å². The molecule has 0 amide bonds. The van der Waals surface area contributed by atoms with Crippen molar-refractivity contribution in [2.45, 2.75) is 44.9 Å². The number of fused-ring (bicyclic) bond motifs is 1. The molecule has 2 aromatic rings. The van der Waals surface area contributed by atoms with Gasteiger partial charge in [0.2, 0.25) is 0 Å². The Kier molecular flexibility index (Phi) is 3.89. The lowest BCUT2D eigenvalue weighted by atomic mass is 9.99. The monoisotopic (exact) mass is 326 g/mol. The SMILES string of the molecule is CC[C@@H]1CSC2=N[C@H](c3ccccn3)[C@H](c3cccn3CC)N21. The zero-order valence-corrected chi connectivity index (χ0v) is 14.4. The number of hydrogen-bond acceptors (Lipinski definition) is 4. The summed E-state index contributed by atoms with van der Waals surface area (Å²) in [5.41, 5.74) is 2.42. The van der Waals surface area contributed by atoms with Crippen molar-refractivity contribution >= 4 is 16.9 Å². The van der Waals surface area contributed by atoms with Crippen molar-refractivity contribution < 1.29 is 0 Å². The quantitative estimate of drug-likeness (QED) is 0.855. The van der Waals surface area contributed by atoms with Gasteiger partial charge in [0, 0.05) is 36.4 Å². The molecule has 2 aliphatic heterocycles. The molecule has 0 saturated carbocycles. The summed E-state index contributed by atoms with van der Waals surface area (Å²) in [7, 11) is 0. The van der Waals surface area contributed by atoms with Crippen molar-refractivity contribution in [2.75, 3.05) is 5.75 Å². The lowest BCUT2D eigenvalue weighted by Crippen LogP contribution is -2.36. The first kappa shape index (κ1) is 14.8. The van der Waals surface area contributed by atoms with E-state index in [1.54, 1.807) is 0 Å². The minimum atomic E-state index is 0.0910. The molecule has 0 unspecified atom stereocenters. The van der Waals surface area contributed by atoms with Crippen molar-refractivity contribution in [3.05, 3.63) is 54.1 Å². The second-order valence-electron chi connectivity index (χ2n) is 6.06. The lowest BCUT2D eigenvalue weighted by Gasteiger charge is -2.32. The molecule has 0 aliphatic carbocycles. The maximum Gasteiger partial charge on any atom is 0.160 e. The number of thioether (sulfide) groups is 1. The van der Waals surface area contributed by atoms with Crippen molar-refractivity contribution in [1.82, 2.24) is 14.5 Å². The molecule has 0 N–H and O–H groups in total. The molecule has 2 aromatic heterocycles. The summed E-state index contributed by atoms with van der Waals surface area (Å²) in [6.45, 7) is 5.46. The highest BCUT2D eigenvalue weighted by atomic mass is 32.2. The Morgan fingerprint density at radius 1 is 1.22 bits per heavy atom. The van der Waals surface area contributed by atoms with Gasteiger partial charge in [0.05, 0.1) is 11.7 Å². The number of amidine groups is 1. The molecule has 23 heavy (non-hydrogen) atoms. The summed E-state index contributed by atoms with van der Waals surface area (Å²) in [6, 6.07) is 11.5. The number of aliphatic imine (C=N–C) groups is 1. The fraction of sp³-hybridized carbons (Fsp3) is 0.444. The predicted octanol–water partition coefficient (Wildman–Crippen LogP) is 3.88. The minimum absolute atomic E-state index is 0.0910. The smallest absolute Gasteiger partial charge is 0.160 e. The Hall–Kier alpha value is -1.75. The van der Waals surface area contributed by atoms with Crippen LogP contribution in [0.15, 0.2) is 47.7 Å². The summed E-state index contributed by atoms with van der Waals surface area (Å²) in [5, 5.41) is 1.20. The van der Waals surface area contributed by atoms with Crippen LogP contribution in [0.2, 0.25) is 0 Å². The first-order valence-electron chi connectivity index (χ1n) is 8.38. The maximum atomic E-state index is 5.06. The van der Waals surface area contributed by atoms with Crippen molar-refractivity contribution in [3.63, 3.8) is 0 Å². The molecule has 0 spiro atoms. The summed E-state index contributed by atoms with van der Waals surface area (Å²) < 4.78 is 2.34. The molecule has 4 nitrogen and oxygen atoms in total. The molecule has 3 atom stereocenters. The number of aryl methyl sites for hydroxylation is 1. The van der Waals surface area contributed by atoms with Crippen LogP contribution in [0.4, 0.5) is 0 Å². The van der Waals surface area contributed by atoms with Crippen LogP contribution in [0.3, 0.4) is 0 Å². The van der Waals surface area contributed by atoms with Gasteiger partial charge in [-0.25, -0.2) is 0 Å². The third-order valence-electron chi connectivity index (χ3n) is 4.84. The van der Waals surface area contributed by atoms with Gasteiger partial charge in [-0.3, -0.25) is 9.98 Å². The molecule has 0 radical (unpaired) electrons. The second-order valence-corrected chi connectivity index (χ2v) is 7.04. The van der Waals surface area contributed by atoms with Crippen LogP contribution in [-0.2, 0) is 6.54 Å². The highest BCUT2D eigenvalue weighted by Crippen LogP contribution is 2.48. The van der Waals surface area contributed by atoms with Crippen LogP contribution in [-0.4, -0.2) is 31.4 Å². The Bertz CT molecular complexity index is 709. The third-order valence-corrected chi connectivity index (χ3v) is 5.96. The van der Waals surface area contributed by atoms with Crippen LogP contribution in [0.25, 0.3) is 0 Å². The number of aromatic nitrogens is 2. The lowest BCUT2D eigenvalue weighted by molar-refractivity contribution is 0.246. The van der Waals surface area contributed by atoms with E-state index in [9.17, 15) is 0 Å². The Balaban J connectivity index is 1.80. The van der Waals surface area contributed by atoms with Crippen molar-refractivity contribution in [2.24, 2.45) is 4.99 Å². The molecule has 4 rings (SSSR count). The van der Waals surface area contributed by atoms with E-state index in [4.69, 9.17) is 4.99 Å². The molecule has 1 fully saturated rings. The van der Waals surface area contributed by atoms with Crippen molar-refractivity contribution in [3.8, 4) is 0 Å². The summed E-state index contributed by atoms with van der Waals surface area (Å²) in [6.07, 6.45) is 5.20. The van der Waals surface area contributed by atoms with Gasteiger partial charge in [0.25, 0.3) is 0 Å². The van der Waals surface area contributed by atoms with Crippen LogP contribution in [0.1, 0.15) is 43.7 Å². The maximum absolute atomic E-state index is 5.06. The van der Waals surface area contributed by atoms with Gasteiger partial charge in [0.15, 0.2) is 5.17 Å². The average Bonchev–Trinajstić information content (AvgIpc) is 3.29. The predicted molar refractivity (Wildman–Crippen MR) is 95.6 cm³/mol. The van der Waals surface area contributed by atoms with Gasteiger partial charge in [-0.1, -0.05) is 24.8 Å². The Labute approximate surface area is 141 Å². The largest absolute Gasteiger partial charge is 0.350 e. The Morgan fingerprint density at radius 3 is 2.87 bits per heavy atom. The fourth-order valence-electron chi connectivity index (χ4n) is 3.65. The van der Waals surface area contributed by atoms with Gasteiger partial charge < -0.3 is 9.47 Å². The third kappa shape index (κ3) is 2.38. The number of nitrogens with zero attached hydrogens (tertiary/aromatic N) is 4. The highest BCUT2D eigenvalue weighted by Gasteiger charge is 2.46. The van der Waals surface area contributed by atoms with Gasteiger partial charge in [-0.2, -0.15) is 0 Å². The topological polar surface area (TPSA) is 33.4 Å². The van der Waals surface area contributed by atoms with E-state index in [0.717, 1.165) is 24.4 Å². The molecule has 5 heteroatoms. The summed E-state index contributed by atoms with van der Waals surface area (Å²) in [5.74, 6) is 1.15. The molecule has 120 valence electrons. The Morgan fingerprint density at radius 2 is 2.13 bits per heavy atom. The standard InChI is InChI=1S/C18H22N4S/c1-3-13-12-23-18-20-16(14-8-5-6-10-19-14)17(22(13)18)15-9-7-11-21(15)4-2/h5-11,13,16-17H,3-4,12H2,1-2H3/t13-,16-,17+/m1/s1. The zero-order valence-electron chi connectivity index (χ0n) is 13.6. The summed E-state index contributed by atoms with van der Waals surface area (Å²) >= 11 is 1.90. The van der Waals surface area contributed by atoms with Crippen LogP contribution < -0.4 is 0 Å². The van der Waals surface area contributed by atoms with Crippen LogP contribution in [0.5, 0.6) is 0 Å². The number of hydrogen-bond donors (Lipinski definition) is 0. The first-order valence-corrected chi connectivity index (χ1v) is 9.37. The normalized spacial score (nSPS) is 26.4. The van der Waals surface area contributed by atoms with Crippen LogP contribution in [0, 0.1) is 0 Å². The van der Waals surface area contributed by atoms with Gasteiger partial charge >= 0.3 is 0 Å². The molecular weight excluding hydrogens is 304 g/mol. The van der Waals surface area contributed by atoms with Gasteiger partial charge in [-0.05, 0) is 37.6 Å². The van der Waals surface area contributed by atoms with Crippen molar-refractivity contribution in [1.29, 1.82) is 0 Å². The van der Waals surface area contributed by atoms with E-state index in [2.05, 4.69) is 58.8 Å². The first-order chi connectivity index (χ1) is 11.3. The minimum Gasteiger partial charge on any atom is -0.350 e. The zero-order chi connectivity index (χ0) is 15.8. The van der Waals surface area contributed by atoms with E-state index in [1.165, 1.54) is 10.9 Å². The fourth-order valence-corrected chi connectivity index (χ4v) is 4.99. The van der Waals surface area contributed by atoms with E-state index >= 15 is 0 Å². The van der Waals surface area contributed by atoms with Gasteiger partial charge in [-0.15, -0.1) is 0 Å². The molecule has 0 aromatic carbocycles. The van der Waals surface area contributed by atoms with E-state index < -0.39 is 0 Å². The molecule has 4 heterocycles. The molecule has 1 saturated heterocycles.